The van der Waals surface area contributed by atoms with E-state index in [2.05, 4.69) is 15.4 Å². The molecule has 0 aromatic heterocycles. The Kier molecular flexibility index (Phi) is 6.34. The normalized spacial score (nSPS) is 10.4. The first-order chi connectivity index (χ1) is 12.6. The van der Waals surface area contributed by atoms with E-state index in [1.165, 1.54) is 19.4 Å². The molecule has 2 aromatic rings. The van der Waals surface area contributed by atoms with Crippen LogP contribution in [0.3, 0.4) is 0 Å². The zero-order valence-corrected chi connectivity index (χ0v) is 14.3. The molecule has 7 nitrogen and oxygen atoms in total. The summed E-state index contributed by atoms with van der Waals surface area (Å²) in [6.07, 6.45) is 1.28. The van der Waals surface area contributed by atoms with E-state index in [9.17, 15) is 14.9 Å². The van der Waals surface area contributed by atoms with Gasteiger partial charge in [0, 0.05) is 18.0 Å². The van der Waals surface area contributed by atoms with Gasteiger partial charge in [0.1, 0.15) is 17.4 Å². The zero-order valence-electron chi connectivity index (χ0n) is 14.3. The van der Waals surface area contributed by atoms with E-state index < -0.39 is 11.9 Å². The molecule has 0 aliphatic heterocycles. The molecule has 0 heterocycles. The largest absolute Gasteiger partial charge is 0.497 e. The molecule has 0 aliphatic carbocycles. The van der Waals surface area contributed by atoms with E-state index in [4.69, 9.17) is 4.74 Å². The van der Waals surface area contributed by atoms with Gasteiger partial charge < -0.3 is 20.1 Å². The van der Waals surface area contributed by atoms with E-state index in [1.807, 2.05) is 6.07 Å². The molecule has 0 aliphatic rings. The molecule has 7 heteroatoms. The second-order valence-corrected chi connectivity index (χ2v) is 5.04. The molecular weight excluding hydrogens is 334 g/mol. The molecule has 26 heavy (non-hydrogen) atoms. The van der Waals surface area contributed by atoms with Gasteiger partial charge in [0.05, 0.1) is 25.5 Å². The van der Waals surface area contributed by atoms with Crippen molar-refractivity contribution in [3.05, 3.63) is 65.9 Å². The van der Waals surface area contributed by atoms with Gasteiger partial charge in [-0.25, -0.2) is 4.79 Å². The number of nitriles is 1. The molecule has 2 aromatic carbocycles. The van der Waals surface area contributed by atoms with Gasteiger partial charge in [-0.15, -0.1) is 0 Å². The van der Waals surface area contributed by atoms with E-state index in [-0.39, 0.29) is 16.8 Å². The molecule has 0 atom stereocenters. The molecule has 0 radical (unpaired) electrons. The average molecular weight is 351 g/mol. The highest BCUT2D eigenvalue weighted by molar-refractivity contribution is 6.09. The maximum Gasteiger partial charge on any atom is 0.339 e. The zero-order chi connectivity index (χ0) is 18.9. The number of nitrogens with one attached hydrogen (secondary N) is 2. The van der Waals surface area contributed by atoms with Gasteiger partial charge >= 0.3 is 5.97 Å². The van der Waals surface area contributed by atoms with Crippen molar-refractivity contribution < 1.29 is 19.1 Å². The van der Waals surface area contributed by atoms with Crippen molar-refractivity contribution >= 4 is 23.3 Å². The fourth-order valence-corrected chi connectivity index (χ4v) is 2.09. The van der Waals surface area contributed by atoms with Gasteiger partial charge in [0.15, 0.2) is 0 Å². The summed E-state index contributed by atoms with van der Waals surface area (Å²) >= 11 is 0. The van der Waals surface area contributed by atoms with Crippen molar-refractivity contribution in [2.75, 3.05) is 24.9 Å². The number of carbonyl (C=O) groups is 2. The standard InChI is InChI=1S/C19H17N3O4/c1-25-15-7-5-6-14(10-15)21-12-13(11-20)18(23)22-17-9-4-3-8-16(17)19(24)26-2/h3-10,12,21H,1-2H3,(H,22,23)/b13-12-. The molecule has 0 spiro atoms. The first kappa shape index (κ1) is 18.5. The maximum absolute atomic E-state index is 12.3. The summed E-state index contributed by atoms with van der Waals surface area (Å²) in [5.74, 6) is -0.601. The highest BCUT2D eigenvalue weighted by atomic mass is 16.5. The number of amides is 1. The Labute approximate surface area is 150 Å². The highest BCUT2D eigenvalue weighted by Gasteiger charge is 2.15. The third kappa shape index (κ3) is 4.61. The Morgan fingerprint density at radius 1 is 1.12 bits per heavy atom. The Hall–Kier alpha value is -3.79. The van der Waals surface area contributed by atoms with Crippen molar-refractivity contribution in [3.8, 4) is 11.8 Å². The van der Waals surface area contributed by atoms with Crippen LogP contribution in [0.2, 0.25) is 0 Å². The number of anilines is 2. The van der Waals surface area contributed by atoms with Crippen LogP contribution < -0.4 is 15.4 Å². The van der Waals surface area contributed by atoms with Crippen LogP contribution in [0.25, 0.3) is 0 Å². The summed E-state index contributed by atoms with van der Waals surface area (Å²) in [6.45, 7) is 0. The first-order valence-electron chi connectivity index (χ1n) is 7.58. The van der Waals surface area contributed by atoms with Crippen LogP contribution in [0.4, 0.5) is 11.4 Å². The van der Waals surface area contributed by atoms with E-state index >= 15 is 0 Å². The molecular formula is C19H17N3O4. The van der Waals surface area contributed by atoms with E-state index in [1.54, 1.807) is 49.6 Å². The number of methoxy groups -OCH3 is 2. The van der Waals surface area contributed by atoms with Crippen LogP contribution in [0, 0.1) is 11.3 Å². The topological polar surface area (TPSA) is 100 Å². The first-order valence-corrected chi connectivity index (χ1v) is 7.58. The minimum atomic E-state index is -0.653. The van der Waals surface area contributed by atoms with Crippen molar-refractivity contribution in [3.63, 3.8) is 0 Å². The fourth-order valence-electron chi connectivity index (χ4n) is 2.09. The predicted octanol–water partition coefficient (Wildman–Crippen LogP) is 2.94. The number of benzene rings is 2. The summed E-state index contributed by atoms with van der Waals surface area (Å²) in [4.78, 5) is 24.1. The summed E-state index contributed by atoms with van der Waals surface area (Å²) < 4.78 is 9.79. The lowest BCUT2D eigenvalue weighted by Gasteiger charge is -2.09. The van der Waals surface area contributed by atoms with E-state index in [0.29, 0.717) is 11.4 Å². The Morgan fingerprint density at radius 3 is 2.58 bits per heavy atom. The molecule has 2 rings (SSSR count). The second kappa shape index (κ2) is 8.89. The Morgan fingerprint density at radius 2 is 1.88 bits per heavy atom. The number of hydrogen-bond acceptors (Lipinski definition) is 6. The van der Waals surface area contributed by atoms with Crippen molar-refractivity contribution in [1.29, 1.82) is 5.26 Å². The third-order valence-electron chi connectivity index (χ3n) is 3.40. The van der Waals surface area contributed by atoms with Crippen molar-refractivity contribution in [2.24, 2.45) is 0 Å². The number of hydrogen-bond donors (Lipinski definition) is 2. The number of esters is 1. The van der Waals surface area contributed by atoms with Gasteiger partial charge in [-0.2, -0.15) is 5.26 Å². The number of ether oxygens (including phenoxy) is 2. The minimum Gasteiger partial charge on any atom is -0.497 e. The number of nitrogens with zero attached hydrogens (tertiary/aromatic N) is 1. The lowest BCUT2D eigenvalue weighted by molar-refractivity contribution is -0.112. The van der Waals surface area contributed by atoms with Gasteiger partial charge in [-0.3, -0.25) is 4.79 Å². The number of rotatable bonds is 6. The highest BCUT2D eigenvalue weighted by Crippen LogP contribution is 2.18. The molecule has 0 unspecified atom stereocenters. The van der Waals surface area contributed by atoms with Gasteiger partial charge in [0.25, 0.3) is 5.91 Å². The lowest BCUT2D eigenvalue weighted by Crippen LogP contribution is -2.17. The molecule has 1 amide bonds. The van der Waals surface area contributed by atoms with Crippen LogP contribution in [-0.2, 0) is 9.53 Å². The van der Waals surface area contributed by atoms with Crippen LogP contribution in [-0.4, -0.2) is 26.1 Å². The van der Waals surface area contributed by atoms with Gasteiger partial charge in [-0.1, -0.05) is 18.2 Å². The quantitative estimate of drug-likeness (QED) is 0.471. The Balaban J connectivity index is 2.16. The van der Waals surface area contributed by atoms with Gasteiger partial charge in [0.2, 0.25) is 0 Å². The van der Waals surface area contributed by atoms with Gasteiger partial charge in [-0.05, 0) is 24.3 Å². The van der Waals surface area contributed by atoms with Crippen molar-refractivity contribution in [2.45, 2.75) is 0 Å². The average Bonchev–Trinajstić information content (AvgIpc) is 2.68. The van der Waals surface area contributed by atoms with Crippen molar-refractivity contribution in [1.82, 2.24) is 0 Å². The second-order valence-electron chi connectivity index (χ2n) is 5.04. The SMILES string of the molecule is COC(=O)c1ccccc1NC(=O)/C(C#N)=C\Nc1cccc(OC)c1. The minimum absolute atomic E-state index is 0.160. The van der Waals surface area contributed by atoms with Crippen LogP contribution in [0.1, 0.15) is 10.4 Å². The smallest absolute Gasteiger partial charge is 0.339 e. The molecule has 0 fully saturated rings. The van der Waals surface area contributed by atoms with Crippen LogP contribution >= 0.6 is 0 Å². The number of carbonyl (C=O) groups excluding carboxylic acids is 2. The van der Waals surface area contributed by atoms with E-state index in [0.717, 1.165) is 0 Å². The lowest BCUT2D eigenvalue weighted by atomic mass is 10.1. The van der Waals surface area contributed by atoms with Crippen LogP contribution in [0.5, 0.6) is 5.75 Å². The molecule has 0 saturated carbocycles. The Bertz CT molecular complexity index is 884. The molecule has 0 bridgehead atoms. The summed E-state index contributed by atoms with van der Waals surface area (Å²) in [6, 6.07) is 15.2. The summed E-state index contributed by atoms with van der Waals surface area (Å²) in [5.41, 5.74) is 0.945. The molecule has 2 N–H and O–H groups in total. The summed E-state index contributed by atoms with van der Waals surface area (Å²) in [5, 5.41) is 14.7. The monoisotopic (exact) mass is 351 g/mol. The fraction of sp³-hybridized carbons (Fsp3) is 0.105. The molecule has 132 valence electrons. The molecule has 0 saturated heterocycles. The predicted molar refractivity (Wildman–Crippen MR) is 96.7 cm³/mol. The maximum atomic E-state index is 12.3. The number of para-hydroxylation sites is 1. The third-order valence-corrected chi connectivity index (χ3v) is 3.40. The van der Waals surface area contributed by atoms with Crippen LogP contribution in [0.15, 0.2) is 60.3 Å². The summed E-state index contributed by atoms with van der Waals surface area (Å²) in [7, 11) is 2.79.